The molecule has 0 saturated carbocycles. The molecule has 4 nitrogen and oxygen atoms in total. The monoisotopic (exact) mass is 250 g/mol. The molecule has 1 aliphatic rings. The molecule has 0 aromatic carbocycles. The van der Waals surface area contributed by atoms with E-state index in [9.17, 15) is 4.79 Å². The van der Waals surface area contributed by atoms with E-state index in [1.54, 1.807) is 0 Å². The van der Waals surface area contributed by atoms with Crippen LogP contribution in [0.1, 0.15) is 40.8 Å². The fourth-order valence-electron chi connectivity index (χ4n) is 2.63. The largest absolute Gasteiger partial charge is 0.466 e. The first-order valence-corrected chi connectivity index (χ1v) is 6.59. The van der Waals surface area contributed by atoms with Crippen LogP contribution < -0.4 is 10.6 Å². The van der Waals surface area contributed by atoms with Gasteiger partial charge in [-0.1, -0.05) is 0 Å². The lowest BCUT2D eigenvalue weighted by atomic mass is 10.00. The summed E-state index contributed by atoms with van der Waals surface area (Å²) in [5.74, 6) is 2.05. The van der Waals surface area contributed by atoms with Gasteiger partial charge in [-0.2, -0.15) is 0 Å². The Morgan fingerprint density at radius 3 is 2.61 bits per heavy atom. The Hall–Kier alpha value is -1.29. The van der Waals surface area contributed by atoms with Crippen molar-refractivity contribution in [1.29, 1.82) is 0 Å². The van der Waals surface area contributed by atoms with Crippen LogP contribution in [0.4, 0.5) is 0 Å². The van der Waals surface area contributed by atoms with E-state index in [0.29, 0.717) is 17.2 Å². The lowest BCUT2D eigenvalue weighted by molar-refractivity contribution is 0.0927. The third kappa shape index (κ3) is 2.43. The molecule has 2 atom stereocenters. The second-order valence-electron chi connectivity index (χ2n) is 5.23. The van der Waals surface area contributed by atoms with E-state index in [1.165, 1.54) is 0 Å². The van der Waals surface area contributed by atoms with Gasteiger partial charge in [0.05, 0.1) is 5.56 Å². The minimum atomic E-state index is -0.0127. The highest BCUT2D eigenvalue weighted by atomic mass is 16.3. The van der Waals surface area contributed by atoms with Gasteiger partial charge in [-0.25, -0.2) is 0 Å². The summed E-state index contributed by atoms with van der Waals surface area (Å²) in [4.78, 5) is 12.3. The summed E-state index contributed by atoms with van der Waals surface area (Å²) in [5.41, 5.74) is 1.65. The molecule has 2 N–H and O–H groups in total. The molecule has 0 radical (unpaired) electrons. The smallest absolute Gasteiger partial charge is 0.255 e. The Morgan fingerprint density at radius 1 is 1.39 bits per heavy atom. The number of amides is 1. The van der Waals surface area contributed by atoms with Crippen molar-refractivity contribution in [3.05, 3.63) is 22.6 Å². The summed E-state index contributed by atoms with van der Waals surface area (Å²) in [7, 11) is 0. The van der Waals surface area contributed by atoms with Gasteiger partial charge in [0, 0.05) is 11.6 Å². The summed E-state index contributed by atoms with van der Waals surface area (Å²) in [6.07, 6.45) is 1.13. The van der Waals surface area contributed by atoms with Crippen molar-refractivity contribution in [2.45, 2.75) is 40.2 Å². The van der Waals surface area contributed by atoms with E-state index < -0.39 is 0 Å². The minimum Gasteiger partial charge on any atom is -0.466 e. The maximum atomic E-state index is 12.3. The zero-order valence-electron chi connectivity index (χ0n) is 11.6. The van der Waals surface area contributed by atoms with Crippen LogP contribution in [0, 0.1) is 26.7 Å². The highest BCUT2D eigenvalue weighted by Crippen LogP contribution is 2.21. The van der Waals surface area contributed by atoms with E-state index in [1.807, 2.05) is 20.8 Å². The van der Waals surface area contributed by atoms with Gasteiger partial charge in [0.25, 0.3) is 5.91 Å². The molecule has 18 heavy (non-hydrogen) atoms. The molecular weight excluding hydrogens is 228 g/mol. The fraction of sp³-hybridized carbons (Fsp3) is 0.643. The molecule has 2 heterocycles. The number of nitrogens with one attached hydrogen (secondary N) is 2. The first kappa shape index (κ1) is 13.1. The van der Waals surface area contributed by atoms with Crippen LogP contribution in [-0.2, 0) is 0 Å². The van der Waals surface area contributed by atoms with Gasteiger partial charge in [-0.15, -0.1) is 0 Å². The molecular formula is C14H22N2O2. The third-order valence-electron chi connectivity index (χ3n) is 3.95. The molecule has 2 unspecified atom stereocenters. The van der Waals surface area contributed by atoms with Gasteiger partial charge in [0.15, 0.2) is 0 Å². The van der Waals surface area contributed by atoms with Gasteiger partial charge in [0.2, 0.25) is 0 Å². The van der Waals surface area contributed by atoms with E-state index in [0.717, 1.165) is 30.8 Å². The third-order valence-corrected chi connectivity index (χ3v) is 3.95. The average molecular weight is 250 g/mol. The SMILES string of the molecule is Cc1oc(C)c(C(=O)NC(C)C2CCNC2)c1C. The molecule has 1 aromatic rings. The molecule has 0 bridgehead atoms. The van der Waals surface area contributed by atoms with E-state index in [4.69, 9.17) is 4.42 Å². The Kier molecular flexibility index (Phi) is 3.76. The van der Waals surface area contributed by atoms with Gasteiger partial charge in [0.1, 0.15) is 11.5 Å². The summed E-state index contributed by atoms with van der Waals surface area (Å²) >= 11 is 0. The quantitative estimate of drug-likeness (QED) is 0.862. The number of rotatable bonds is 3. The van der Waals surface area contributed by atoms with Crippen LogP contribution in [0.5, 0.6) is 0 Å². The Balaban J connectivity index is 2.07. The molecule has 0 aliphatic carbocycles. The zero-order valence-corrected chi connectivity index (χ0v) is 11.6. The summed E-state index contributed by atoms with van der Waals surface area (Å²) in [5, 5.41) is 6.42. The average Bonchev–Trinajstić information content (AvgIpc) is 2.88. The van der Waals surface area contributed by atoms with E-state index >= 15 is 0 Å². The van der Waals surface area contributed by atoms with Crippen LogP contribution >= 0.6 is 0 Å². The maximum absolute atomic E-state index is 12.3. The first-order valence-electron chi connectivity index (χ1n) is 6.59. The van der Waals surface area contributed by atoms with Crippen LogP contribution in [0.15, 0.2) is 4.42 Å². The molecule has 2 rings (SSSR count). The summed E-state index contributed by atoms with van der Waals surface area (Å²) < 4.78 is 5.50. The van der Waals surface area contributed by atoms with Crippen LogP contribution in [0.2, 0.25) is 0 Å². The van der Waals surface area contributed by atoms with Crippen LogP contribution in [0.25, 0.3) is 0 Å². The molecule has 1 fully saturated rings. The molecule has 1 amide bonds. The van der Waals surface area contributed by atoms with Gasteiger partial charge in [-0.3, -0.25) is 4.79 Å². The van der Waals surface area contributed by atoms with Crippen molar-refractivity contribution in [1.82, 2.24) is 10.6 Å². The number of carbonyl (C=O) groups excluding carboxylic acids is 1. The minimum absolute atomic E-state index is 0.0127. The first-order chi connectivity index (χ1) is 8.50. The Labute approximate surface area is 108 Å². The van der Waals surface area contributed by atoms with Gasteiger partial charge < -0.3 is 15.1 Å². The molecule has 1 aliphatic heterocycles. The lowest BCUT2D eigenvalue weighted by Crippen LogP contribution is -2.39. The second kappa shape index (κ2) is 5.14. The predicted molar refractivity (Wildman–Crippen MR) is 70.8 cm³/mol. The number of aryl methyl sites for hydroxylation is 2. The fourth-order valence-corrected chi connectivity index (χ4v) is 2.63. The second-order valence-corrected chi connectivity index (χ2v) is 5.23. The number of carbonyl (C=O) groups is 1. The zero-order chi connectivity index (χ0) is 13.3. The molecule has 0 spiro atoms. The van der Waals surface area contributed by atoms with Crippen molar-refractivity contribution < 1.29 is 9.21 Å². The molecule has 1 saturated heterocycles. The van der Waals surface area contributed by atoms with Crippen molar-refractivity contribution in [3.8, 4) is 0 Å². The highest BCUT2D eigenvalue weighted by Gasteiger charge is 2.25. The summed E-state index contributed by atoms with van der Waals surface area (Å²) in [6, 6.07) is 0.196. The van der Waals surface area contributed by atoms with Crippen molar-refractivity contribution in [2.75, 3.05) is 13.1 Å². The van der Waals surface area contributed by atoms with E-state index in [-0.39, 0.29) is 11.9 Å². The maximum Gasteiger partial charge on any atom is 0.255 e. The Bertz CT molecular complexity index is 445. The normalized spacial score (nSPS) is 21.0. The highest BCUT2D eigenvalue weighted by molar-refractivity contribution is 5.97. The predicted octanol–water partition coefficient (Wildman–Crippen LogP) is 1.93. The number of hydrogen-bond donors (Lipinski definition) is 2. The number of hydrogen-bond acceptors (Lipinski definition) is 3. The molecule has 1 aromatic heterocycles. The van der Waals surface area contributed by atoms with Crippen molar-refractivity contribution >= 4 is 5.91 Å². The molecule has 4 heteroatoms. The van der Waals surface area contributed by atoms with E-state index in [2.05, 4.69) is 17.6 Å². The Morgan fingerprint density at radius 2 is 2.11 bits per heavy atom. The van der Waals surface area contributed by atoms with Crippen LogP contribution in [-0.4, -0.2) is 25.0 Å². The standard InChI is InChI=1S/C14H22N2O2/c1-8-10(3)18-11(4)13(8)14(17)16-9(2)12-5-6-15-7-12/h9,12,15H,5-7H2,1-4H3,(H,16,17). The van der Waals surface area contributed by atoms with Crippen molar-refractivity contribution in [3.63, 3.8) is 0 Å². The topological polar surface area (TPSA) is 54.3 Å². The van der Waals surface area contributed by atoms with Gasteiger partial charge in [-0.05, 0) is 53.1 Å². The molecule has 100 valence electrons. The summed E-state index contributed by atoms with van der Waals surface area (Å²) in [6.45, 7) is 9.79. The van der Waals surface area contributed by atoms with Crippen molar-refractivity contribution in [2.24, 2.45) is 5.92 Å². The van der Waals surface area contributed by atoms with Crippen LogP contribution in [0.3, 0.4) is 0 Å². The van der Waals surface area contributed by atoms with Gasteiger partial charge >= 0.3 is 0 Å². The number of furan rings is 1. The lowest BCUT2D eigenvalue weighted by Gasteiger charge is -2.19.